The van der Waals surface area contributed by atoms with E-state index in [9.17, 15) is 8.42 Å². The molecule has 2 aromatic rings. The van der Waals surface area contributed by atoms with Gasteiger partial charge in [0.15, 0.2) is 0 Å². The van der Waals surface area contributed by atoms with Crippen LogP contribution in [0.25, 0.3) is 0 Å². The number of rotatable bonds is 4. The van der Waals surface area contributed by atoms with Crippen LogP contribution in [0.3, 0.4) is 0 Å². The number of sulfonamides is 1. The fourth-order valence-electron chi connectivity index (χ4n) is 2.07. The van der Waals surface area contributed by atoms with Crippen LogP contribution in [0.15, 0.2) is 34.7 Å². The van der Waals surface area contributed by atoms with Gasteiger partial charge in [-0.25, -0.2) is 13.4 Å². The maximum Gasteiger partial charge on any atom is 0.273 e. The molecule has 2 heterocycles. The number of benzene rings is 1. The first-order valence-corrected chi connectivity index (χ1v) is 8.99. The molecule has 0 atom stereocenters. The van der Waals surface area contributed by atoms with E-state index in [-0.39, 0.29) is 11.0 Å². The molecule has 1 saturated heterocycles. The van der Waals surface area contributed by atoms with Gasteiger partial charge in [-0.15, -0.1) is 0 Å². The van der Waals surface area contributed by atoms with E-state index in [4.69, 9.17) is 16.3 Å². The predicted octanol–water partition coefficient (Wildman–Crippen LogP) is 2.56. The van der Waals surface area contributed by atoms with Gasteiger partial charge in [-0.3, -0.25) is 0 Å². The summed E-state index contributed by atoms with van der Waals surface area (Å²) in [6, 6.07) is 4.88. The lowest BCUT2D eigenvalue weighted by Crippen LogP contribution is -2.56. The summed E-state index contributed by atoms with van der Waals surface area (Å²) in [5, 5.41) is 2.80. The molecule has 1 aliphatic heterocycles. The maximum atomic E-state index is 12.5. The number of hydrogen-bond acceptors (Lipinski definition) is 5. The first kappa shape index (κ1) is 14.8. The number of thiazole rings is 1. The molecule has 0 bridgehead atoms. The largest absolute Gasteiger partial charge is 0.464 e. The first-order valence-electron chi connectivity index (χ1n) is 6.29. The minimum absolute atomic E-state index is 0.148. The molecule has 0 aliphatic carbocycles. The van der Waals surface area contributed by atoms with Crippen molar-refractivity contribution in [3.63, 3.8) is 0 Å². The second-order valence-electron chi connectivity index (χ2n) is 4.77. The monoisotopic (exact) mass is 344 g/mol. The SMILES string of the molecule is Cc1ccc(Cl)cc1S(=O)(=O)N1CC(Oc2nccs2)C1. The maximum absolute atomic E-state index is 12.5. The quantitative estimate of drug-likeness (QED) is 0.855. The minimum Gasteiger partial charge on any atom is -0.464 e. The van der Waals surface area contributed by atoms with Crippen LogP contribution in [0, 0.1) is 6.92 Å². The van der Waals surface area contributed by atoms with Gasteiger partial charge in [-0.05, 0) is 24.6 Å². The summed E-state index contributed by atoms with van der Waals surface area (Å²) >= 11 is 7.29. The fourth-order valence-corrected chi connectivity index (χ4v) is 4.62. The zero-order valence-corrected chi connectivity index (χ0v) is 13.6. The normalized spacial score (nSPS) is 16.7. The standard InChI is InChI=1S/C13H13ClN2O3S2/c1-9-2-3-10(14)6-12(9)21(17,18)16-7-11(8-16)19-13-15-4-5-20-13/h2-6,11H,7-8H2,1H3. The zero-order valence-electron chi connectivity index (χ0n) is 11.2. The number of aryl methyl sites for hydroxylation is 1. The highest BCUT2D eigenvalue weighted by Crippen LogP contribution is 2.28. The summed E-state index contributed by atoms with van der Waals surface area (Å²) in [5.41, 5.74) is 0.684. The summed E-state index contributed by atoms with van der Waals surface area (Å²) in [7, 11) is -3.52. The van der Waals surface area contributed by atoms with Crippen LogP contribution in [0.5, 0.6) is 5.19 Å². The molecule has 1 aromatic carbocycles. The lowest BCUT2D eigenvalue weighted by molar-refractivity contribution is 0.0759. The van der Waals surface area contributed by atoms with Crippen LogP contribution in [-0.2, 0) is 10.0 Å². The van der Waals surface area contributed by atoms with E-state index in [0.717, 1.165) is 0 Å². The van der Waals surface area contributed by atoms with E-state index >= 15 is 0 Å². The Morgan fingerprint density at radius 2 is 2.19 bits per heavy atom. The van der Waals surface area contributed by atoms with Crippen molar-refractivity contribution in [1.29, 1.82) is 0 Å². The Bertz CT molecular complexity index is 741. The lowest BCUT2D eigenvalue weighted by Gasteiger charge is -2.37. The summed E-state index contributed by atoms with van der Waals surface area (Å²) < 4.78 is 32.0. The Kier molecular flexibility index (Phi) is 3.92. The van der Waals surface area contributed by atoms with Gasteiger partial charge < -0.3 is 4.74 Å². The molecule has 0 unspecified atom stereocenters. The molecule has 0 amide bonds. The molecular weight excluding hydrogens is 332 g/mol. The van der Waals surface area contributed by atoms with Crippen molar-refractivity contribution in [2.75, 3.05) is 13.1 Å². The van der Waals surface area contributed by atoms with E-state index < -0.39 is 10.0 Å². The van der Waals surface area contributed by atoms with Gasteiger partial charge in [0.2, 0.25) is 10.0 Å². The molecule has 1 fully saturated rings. The molecular formula is C13H13ClN2O3S2. The molecule has 0 spiro atoms. The van der Waals surface area contributed by atoms with E-state index in [0.29, 0.717) is 28.9 Å². The molecule has 5 nitrogen and oxygen atoms in total. The van der Waals surface area contributed by atoms with E-state index in [1.165, 1.54) is 21.7 Å². The highest BCUT2D eigenvalue weighted by atomic mass is 35.5. The molecule has 8 heteroatoms. The third-order valence-corrected chi connectivity index (χ3v) is 6.13. The molecule has 1 aromatic heterocycles. The Hall–Kier alpha value is -1.15. The molecule has 112 valence electrons. The van der Waals surface area contributed by atoms with Crippen molar-refractivity contribution in [3.8, 4) is 5.19 Å². The van der Waals surface area contributed by atoms with Crippen molar-refractivity contribution in [1.82, 2.24) is 9.29 Å². The van der Waals surface area contributed by atoms with E-state index in [1.54, 1.807) is 25.3 Å². The van der Waals surface area contributed by atoms with Crippen molar-refractivity contribution in [2.45, 2.75) is 17.9 Å². The number of nitrogens with zero attached hydrogens (tertiary/aromatic N) is 2. The van der Waals surface area contributed by atoms with Crippen LogP contribution in [-0.4, -0.2) is 36.9 Å². The van der Waals surface area contributed by atoms with Gasteiger partial charge >= 0.3 is 0 Å². The Labute approximate surface area is 132 Å². The summed E-state index contributed by atoms with van der Waals surface area (Å²) in [5.74, 6) is 0. The Morgan fingerprint density at radius 1 is 1.43 bits per heavy atom. The first-order chi connectivity index (χ1) is 9.96. The van der Waals surface area contributed by atoms with E-state index in [2.05, 4.69) is 4.98 Å². The zero-order chi connectivity index (χ0) is 15.0. The molecule has 1 aliphatic rings. The highest BCUT2D eigenvalue weighted by Gasteiger charge is 2.39. The van der Waals surface area contributed by atoms with Crippen LogP contribution < -0.4 is 4.74 Å². The van der Waals surface area contributed by atoms with Gasteiger partial charge in [0.1, 0.15) is 6.10 Å². The topological polar surface area (TPSA) is 59.5 Å². The number of ether oxygens (including phenoxy) is 1. The van der Waals surface area contributed by atoms with E-state index in [1.807, 2.05) is 5.38 Å². The summed E-state index contributed by atoms with van der Waals surface area (Å²) in [4.78, 5) is 4.27. The summed E-state index contributed by atoms with van der Waals surface area (Å²) in [6.07, 6.45) is 1.51. The number of hydrogen-bond donors (Lipinski definition) is 0. The smallest absolute Gasteiger partial charge is 0.273 e. The minimum atomic E-state index is -3.52. The van der Waals surface area contributed by atoms with Crippen molar-refractivity contribution >= 4 is 33.0 Å². The molecule has 0 radical (unpaired) electrons. The Morgan fingerprint density at radius 3 is 2.86 bits per heavy atom. The van der Waals surface area contributed by atoms with Gasteiger partial charge in [-0.2, -0.15) is 4.31 Å². The highest BCUT2D eigenvalue weighted by molar-refractivity contribution is 7.89. The lowest BCUT2D eigenvalue weighted by atomic mass is 10.2. The van der Waals surface area contributed by atoms with Crippen LogP contribution in [0.4, 0.5) is 0 Å². The second-order valence-corrected chi connectivity index (χ2v) is 7.97. The summed E-state index contributed by atoms with van der Waals surface area (Å²) in [6.45, 7) is 2.41. The third kappa shape index (κ3) is 2.91. The molecule has 3 rings (SSSR count). The molecule has 21 heavy (non-hydrogen) atoms. The predicted molar refractivity (Wildman–Crippen MR) is 81.5 cm³/mol. The van der Waals surface area contributed by atoms with Crippen LogP contribution >= 0.6 is 22.9 Å². The molecule has 0 saturated carbocycles. The number of halogens is 1. The van der Waals surface area contributed by atoms with Crippen molar-refractivity contribution in [3.05, 3.63) is 40.4 Å². The van der Waals surface area contributed by atoms with Gasteiger partial charge in [0, 0.05) is 16.6 Å². The van der Waals surface area contributed by atoms with Crippen molar-refractivity contribution in [2.24, 2.45) is 0 Å². The second kappa shape index (κ2) is 5.57. The molecule has 0 N–H and O–H groups in total. The fraction of sp³-hybridized carbons (Fsp3) is 0.308. The van der Waals surface area contributed by atoms with Gasteiger partial charge in [-0.1, -0.05) is 29.0 Å². The van der Waals surface area contributed by atoms with Gasteiger partial charge in [0.05, 0.1) is 18.0 Å². The average Bonchev–Trinajstić information content (AvgIpc) is 2.88. The van der Waals surface area contributed by atoms with Gasteiger partial charge in [0.25, 0.3) is 5.19 Å². The van der Waals surface area contributed by atoms with Crippen LogP contribution in [0.1, 0.15) is 5.56 Å². The Balaban J connectivity index is 1.72. The third-order valence-electron chi connectivity index (χ3n) is 3.26. The average molecular weight is 345 g/mol. The van der Waals surface area contributed by atoms with Crippen molar-refractivity contribution < 1.29 is 13.2 Å². The van der Waals surface area contributed by atoms with Crippen LogP contribution in [0.2, 0.25) is 5.02 Å². The number of aromatic nitrogens is 1.